The number of phenolic OH excluding ortho intramolecular Hbond substituents is 2. The van der Waals surface area contributed by atoms with Crippen molar-refractivity contribution in [1.29, 1.82) is 0 Å². The fourth-order valence-corrected chi connectivity index (χ4v) is 3.81. The van der Waals surface area contributed by atoms with Gasteiger partial charge in [0.25, 0.3) is 0 Å². The molecule has 184 valence electrons. The zero-order chi connectivity index (χ0) is 25.4. The van der Waals surface area contributed by atoms with Crippen molar-refractivity contribution in [3.63, 3.8) is 0 Å². The number of ether oxygens (including phenoxy) is 3. The first-order chi connectivity index (χ1) is 16.7. The van der Waals surface area contributed by atoms with E-state index in [0.29, 0.717) is 11.1 Å². The zero-order valence-corrected chi connectivity index (χ0v) is 19.0. The van der Waals surface area contributed by atoms with E-state index in [0.717, 1.165) is 19.3 Å². The van der Waals surface area contributed by atoms with Gasteiger partial charge in [0.05, 0.1) is 7.11 Å². The molecule has 0 bridgehead atoms. The zero-order valence-electron chi connectivity index (χ0n) is 19.0. The van der Waals surface area contributed by atoms with E-state index in [1.807, 2.05) is 0 Å². The van der Waals surface area contributed by atoms with Crippen LogP contribution in [0.2, 0.25) is 0 Å². The summed E-state index contributed by atoms with van der Waals surface area (Å²) < 4.78 is 15.4. The highest BCUT2D eigenvalue weighted by atomic mass is 16.6. The Kier molecular flexibility index (Phi) is 8.27. The number of rotatable bonds is 7. The van der Waals surface area contributed by atoms with Gasteiger partial charge >= 0.3 is 17.9 Å². The normalized spacial score (nSPS) is 22.1. The highest BCUT2D eigenvalue weighted by molar-refractivity contribution is 5.88. The van der Waals surface area contributed by atoms with Crippen LogP contribution in [-0.4, -0.2) is 58.1 Å². The number of esters is 3. The Morgan fingerprint density at radius 1 is 0.829 bits per heavy atom. The van der Waals surface area contributed by atoms with E-state index in [-0.39, 0.29) is 30.8 Å². The number of methoxy groups -OCH3 is 1. The number of phenols is 2. The maximum atomic E-state index is 12.3. The van der Waals surface area contributed by atoms with Crippen LogP contribution in [0.25, 0.3) is 12.2 Å². The van der Waals surface area contributed by atoms with Gasteiger partial charge in [0.2, 0.25) is 0 Å². The molecule has 0 aliphatic heterocycles. The predicted molar refractivity (Wildman–Crippen MR) is 125 cm³/mol. The third-order valence-electron chi connectivity index (χ3n) is 5.46. The predicted octanol–water partition coefficient (Wildman–Crippen LogP) is 2.74. The monoisotopic (exact) mass is 482 g/mol. The van der Waals surface area contributed by atoms with Crippen LogP contribution in [0.15, 0.2) is 60.7 Å². The van der Waals surface area contributed by atoms with Crippen LogP contribution in [0.1, 0.15) is 30.4 Å². The molecule has 1 saturated carbocycles. The Morgan fingerprint density at radius 2 is 1.26 bits per heavy atom. The van der Waals surface area contributed by atoms with Gasteiger partial charge in [-0.15, -0.1) is 0 Å². The summed E-state index contributed by atoms with van der Waals surface area (Å²) in [4.78, 5) is 36.9. The molecule has 0 spiro atoms. The lowest BCUT2D eigenvalue weighted by Gasteiger charge is -2.37. The van der Waals surface area contributed by atoms with Crippen LogP contribution < -0.4 is 0 Å². The van der Waals surface area contributed by atoms with Crippen LogP contribution in [0, 0.1) is 0 Å². The quantitative estimate of drug-likeness (QED) is 0.309. The summed E-state index contributed by atoms with van der Waals surface area (Å²) in [5.41, 5.74) is -1.21. The third-order valence-corrected chi connectivity index (χ3v) is 5.46. The van der Waals surface area contributed by atoms with Gasteiger partial charge in [-0.1, -0.05) is 36.4 Å². The Hall–Kier alpha value is -4.11. The van der Waals surface area contributed by atoms with Crippen molar-refractivity contribution < 1.29 is 43.9 Å². The minimum Gasteiger partial charge on any atom is -0.507 e. The van der Waals surface area contributed by atoms with Gasteiger partial charge in [0, 0.05) is 42.5 Å². The number of aliphatic hydroxyl groups is 1. The minimum atomic E-state index is -2.02. The molecule has 9 nitrogen and oxygen atoms in total. The second-order valence-electron chi connectivity index (χ2n) is 8.07. The molecule has 35 heavy (non-hydrogen) atoms. The van der Waals surface area contributed by atoms with Gasteiger partial charge < -0.3 is 29.5 Å². The lowest BCUT2D eigenvalue weighted by molar-refractivity contribution is -0.185. The Balaban J connectivity index is 1.68. The minimum absolute atomic E-state index is 0.0156. The molecule has 1 aliphatic rings. The Morgan fingerprint density at radius 3 is 1.66 bits per heavy atom. The Bertz CT molecular complexity index is 1060. The number of aromatic hydroxyl groups is 2. The molecule has 9 heteroatoms. The highest BCUT2D eigenvalue weighted by Gasteiger charge is 2.48. The van der Waals surface area contributed by atoms with Crippen LogP contribution in [-0.2, 0) is 28.6 Å². The number of benzene rings is 2. The summed E-state index contributed by atoms with van der Waals surface area (Å²) in [6.45, 7) is 0. The molecule has 0 heterocycles. The molecule has 2 aromatic rings. The Labute approximate surface area is 201 Å². The first-order valence-corrected chi connectivity index (χ1v) is 10.8. The number of carbonyl (C=O) groups is 3. The van der Waals surface area contributed by atoms with Crippen LogP contribution >= 0.6 is 0 Å². The van der Waals surface area contributed by atoms with Crippen molar-refractivity contribution in [3.05, 3.63) is 71.8 Å². The summed E-state index contributed by atoms with van der Waals surface area (Å²) in [6.07, 6.45) is 2.63. The molecule has 0 saturated heterocycles. The van der Waals surface area contributed by atoms with Crippen molar-refractivity contribution in [1.82, 2.24) is 0 Å². The van der Waals surface area contributed by atoms with Gasteiger partial charge in [-0.05, 0) is 24.3 Å². The highest BCUT2D eigenvalue weighted by Crippen LogP contribution is 2.33. The van der Waals surface area contributed by atoms with Crippen molar-refractivity contribution >= 4 is 30.1 Å². The third kappa shape index (κ3) is 6.94. The molecule has 0 amide bonds. The maximum Gasteiger partial charge on any atom is 0.338 e. The smallest absolute Gasteiger partial charge is 0.338 e. The second-order valence-corrected chi connectivity index (χ2v) is 8.07. The van der Waals surface area contributed by atoms with E-state index in [4.69, 9.17) is 9.47 Å². The summed E-state index contributed by atoms with van der Waals surface area (Å²) in [7, 11) is 1.11. The summed E-state index contributed by atoms with van der Waals surface area (Å²) in [5.74, 6) is -2.50. The molecule has 0 radical (unpaired) electrons. The summed E-state index contributed by atoms with van der Waals surface area (Å²) >= 11 is 0. The average Bonchev–Trinajstić information content (AvgIpc) is 2.82. The molecule has 1 aliphatic carbocycles. The molecule has 2 atom stereocenters. The van der Waals surface area contributed by atoms with Crippen molar-refractivity contribution in [3.8, 4) is 11.5 Å². The standard InChI is InChI=1S/C26H26O9/c1-33-25(31)26(32)15-19(34-23(29)12-10-17-6-2-4-8-21(17)27)14-20(16-26)35-24(30)13-11-18-7-3-5-9-22(18)28/h2-13,19-20,27-28,32H,14-16H2,1H3/b12-10+,13-11+/t19-,20-/m0/s1. The van der Waals surface area contributed by atoms with E-state index in [1.165, 1.54) is 24.3 Å². The molecular weight excluding hydrogens is 456 g/mol. The van der Waals surface area contributed by atoms with E-state index in [1.54, 1.807) is 36.4 Å². The molecule has 0 aromatic heterocycles. The molecule has 0 unspecified atom stereocenters. The fraction of sp³-hybridized carbons (Fsp3) is 0.269. The van der Waals surface area contributed by atoms with E-state index < -0.39 is 35.7 Å². The van der Waals surface area contributed by atoms with E-state index >= 15 is 0 Å². The van der Waals surface area contributed by atoms with Crippen molar-refractivity contribution in [2.75, 3.05) is 7.11 Å². The van der Waals surface area contributed by atoms with Gasteiger partial charge in [-0.3, -0.25) is 0 Å². The molecular formula is C26H26O9. The number of hydrogen-bond acceptors (Lipinski definition) is 9. The lowest BCUT2D eigenvalue weighted by Crippen LogP contribution is -2.51. The molecule has 1 fully saturated rings. The molecule has 2 aromatic carbocycles. The second kappa shape index (κ2) is 11.3. The van der Waals surface area contributed by atoms with Crippen molar-refractivity contribution in [2.24, 2.45) is 0 Å². The first-order valence-electron chi connectivity index (χ1n) is 10.8. The SMILES string of the molecule is COC(=O)C1(O)C[C@@H](OC(=O)/C=C/c2ccccc2O)C[C@H](OC(=O)/C=C/c2ccccc2O)C1. The number of carbonyl (C=O) groups excluding carboxylic acids is 3. The fourth-order valence-electron chi connectivity index (χ4n) is 3.81. The van der Waals surface area contributed by atoms with Crippen molar-refractivity contribution in [2.45, 2.75) is 37.1 Å². The van der Waals surface area contributed by atoms with Gasteiger partial charge in [-0.25, -0.2) is 14.4 Å². The molecule has 3 N–H and O–H groups in total. The van der Waals surface area contributed by atoms with Gasteiger partial charge in [-0.2, -0.15) is 0 Å². The van der Waals surface area contributed by atoms with E-state index in [9.17, 15) is 29.7 Å². The van der Waals surface area contributed by atoms with Crippen LogP contribution in [0.5, 0.6) is 11.5 Å². The number of hydrogen-bond donors (Lipinski definition) is 3. The van der Waals surface area contributed by atoms with Gasteiger partial charge in [0.1, 0.15) is 23.7 Å². The largest absolute Gasteiger partial charge is 0.507 e. The first kappa shape index (κ1) is 25.5. The van der Waals surface area contributed by atoms with E-state index in [2.05, 4.69) is 4.74 Å². The maximum absolute atomic E-state index is 12.3. The van der Waals surface area contributed by atoms with Crippen LogP contribution in [0.4, 0.5) is 0 Å². The van der Waals surface area contributed by atoms with Crippen LogP contribution in [0.3, 0.4) is 0 Å². The topological polar surface area (TPSA) is 140 Å². The molecule has 3 rings (SSSR count). The summed E-state index contributed by atoms with van der Waals surface area (Å²) in [5, 5.41) is 30.4. The summed E-state index contributed by atoms with van der Waals surface area (Å²) in [6, 6.07) is 12.8. The van der Waals surface area contributed by atoms with Gasteiger partial charge in [0.15, 0.2) is 5.60 Å². The average molecular weight is 482 g/mol. The lowest BCUT2D eigenvalue weighted by atomic mass is 9.81. The number of para-hydroxylation sites is 2.